The van der Waals surface area contributed by atoms with E-state index >= 15 is 0 Å². The van der Waals surface area contributed by atoms with Crippen LogP contribution >= 0.6 is 0 Å². The summed E-state index contributed by atoms with van der Waals surface area (Å²) in [4.78, 5) is 10.9. The number of esters is 1. The Hall–Kier alpha value is -0.272. The molecule has 0 spiro atoms. The van der Waals surface area contributed by atoms with Crippen LogP contribution in [0.25, 0.3) is 0 Å². The number of hydrogen-bond donors (Lipinski definition) is 0. The van der Waals surface area contributed by atoms with Crippen LogP contribution in [0.2, 0.25) is 0 Å². The number of carbonyl (C=O) groups is 1. The van der Waals surface area contributed by atoms with E-state index in [0.29, 0.717) is 0 Å². The maximum atomic E-state index is 10.9. The van der Waals surface area contributed by atoms with Crippen molar-refractivity contribution in [1.29, 1.82) is 0 Å². The SMILES string of the molecule is CO[C](=[W])[C@@H]1CCC=C[C@H]1OC(C)=O. The minimum atomic E-state index is -0.231. The van der Waals surface area contributed by atoms with Gasteiger partial charge in [-0.25, -0.2) is 0 Å². The van der Waals surface area contributed by atoms with Crippen LogP contribution in [-0.4, -0.2) is 23.3 Å². The van der Waals surface area contributed by atoms with Gasteiger partial charge in [0.15, 0.2) is 0 Å². The Labute approximate surface area is 94.9 Å². The fourth-order valence-electron chi connectivity index (χ4n) is 1.52. The van der Waals surface area contributed by atoms with Crippen LogP contribution in [0.1, 0.15) is 19.8 Å². The van der Waals surface area contributed by atoms with Crippen molar-refractivity contribution in [3.63, 3.8) is 0 Å². The van der Waals surface area contributed by atoms with E-state index in [4.69, 9.17) is 9.47 Å². The van der Waals surface area contributed by atoms with Gasteiger partial charge in [0.2, 0.25) is 0 Å². The molecule has 0 aromatic rings. The van der Waals surface area contributed by atoms with Gasteiger partial charge >= 0.3 is 94.7 Å². The molecular weight excluding hydrogens is 352 g/mol. The van der Waals surface area contributed by atoms with Gasteiger partial charge in [0.1, 0.15) is 0 Å². The summed E-state index contributed by atoms with van der Waals surface area (Å²) in [5, 5.41) is 0. The number of hydrogen-bond acceptors (Lipinski definition) is 3. The Morgan fingerprint density at radius 2 is 2.29 bits per heavy atom. The first-order valence-corrected chi connectivity index (χ1v) is 6.03. The van der Waals surface area contributed by atoms with Gasteiger partial charge in [0.25, 0.3) is 0 Å². The molecule has 0 unspecified atom stereocenters. The second kappa shape index (κ2) is 5.57. The summed E-state index contributed by atoms with van der Waals surface area (Å²) in [5.41, 5.74) is 0. The van der Waals surface area contributed by atoms with Gasteiger partial charge in [-0.05, 0) is 0 Å². The molecule has 0 aromatic heterocycles. The monoisotopic (exact) mass is 366 g/mol. The van der Waals surface area contributed by atoms with E-state index in [1.54, 1.807) is 7.11 Å². The Bertz CT molecular complexity index is 260. The van der Waals surface area contributed by atoms with E-state index in [0.717, 1.165) is 16.9 Å². The molecule has 1 aliphatic carbocycles. The molecule has 0 radical (unpaired) electrons. The van der Waals surface area contributed by atoms with E-state index in [9.17, 15) is 4.79 Å². The first-order valence-electron chi connectivity index (χ1n) is 4.57. The third kappa shape index (κ3) is 3.14. The number of carbonyl (C=O) groups excluding carboxylic acids is 1. The Morgan fingerprint density at radius 3 is 2.86 bits per heavy atom. The molecule has 2 atom stereocenters. The first kappa shape index (κ1) is 11.8. The fourth-order valence-corrected chi connectivity index (χ4v) is 2.43. The molecule has 0 N–H and O–H groups in total. The molecule has 0 aliphatic heterocycles. The van der Waals surface area contributed by atoms with E-state index in [1.165, 1.54) is 26.3 Å². The number of rotatable bonds is 3. The second-order valence-corrected chi connectivity index (χ2v) is 4.65. The van der Waals surface area contributed by atoms with Crippen molar-refractivity contribution in [3.8, 4) is 0 Å². The van der Waals surface area contributed by atoms with Crippen LogP contribution < -0.4 is 0 Å². The summed E-state index contributed by atoms with van der Waals surface area (Å²) >= 11 is 1.31. The van der Waals surface area contributed by atoms with E-state index in [-0.39, 0.29) is 18.0 Å². The van der Waals surface area contributed by atoms with Crippen LogP contribution in [0, 0.1) is 5.92 Å². The average molecular weight is 366 g/mol. The molecule has 4 heteroatoms. The summed E-state index contributed by atoms with van der Waals surface area (Å²) in [5.74, 6) is 0.00866. The Morgan fingerprint density at radius 1 is 1.57 bits per heavy atom. The van der Waals surface area contributed by atoms with E-state index in [2.05, 4.69) is 6.08 Å². The summed E-state index contributed by atoms with van der Waals surface area (Å²) < 4.78 is 11.5. The van der Waals surface area contributed by atoms with Crippen molar-refractivity contribution in [3.05, 3.63) is 12.2 Å². The molecule has 0 bridgehead atoms. The molecule has 0 amide bonds. The van der Waals surface area contributed by atoms with Crippen molar-refractivity contribution < 1.29 is 33.6 Å². The summed E-state index contributed by atoms with van der Waals surface area (Å²) in [6.07, 6.45) is 5.91. The molecule has 0 fully saturated rings. The van der Waals surface area contributed by atoms with Crippen molar-refractivity contribution in [1.82, 2.24) is 0 Å². The standard InChI is InChI=1S/C10H14O3.W/c1-8(11)13-10-6-4-3-5-9(10)7-12-2;/h4,6,9-10H,3,5H2,1-2H3;/t9-,10+;/m0./s1. The predicted molar refractivity (Wildman–Crippen MR) is 49.4 cm³/mol. The van der Waals surface area contributed by atoms with Crippen molar-refractivity contribution in [2.75, 3.05) is 7.11 Å². The van der Waals surface area contributed by atoms with Gasteiger partial charge in [-0.15, -0.1) is 0 Å². The summed E-state index contributed by atoms with van der Waals surface area (Å²) in [7, 11) is 1.67. The quantitative estimate of drug-likeness (QED) is 0.557. The minimum absolute atomic E-state index is 0.131. The molecule has 0 heterocycles. The number of allylic oxidation sites excluding steroid dienone is 1. The van der Waals surface area contributed by atoms with Gasteiger partial charge in [-0.3, -0.25) is 0 Å². The van der Waals surface area contributed by atoms with E-state index < -0.39 is 0 Å². The number of ether oxygens (including phenoxy) is 2. The predicted octanol–water partition coefficient (Wildman–Crippen LogP) is 1.21. The zero-order valence-corrected chi connectivity index (χ0v) is 11.3. The van der Waals surface area contributed by atoms with Gasteiger partial charge in [0, 0.05) is 0 Å². The zero-order valence-electron chi connectivity index (χ0n) is 8.36. The molecule has 0 saturated carbocycles. The third-order valence-electron chi connectivity index (χ3n) is 2.17. The van der Waals surface area contributed by atoms with Crippen LogP contribution in [-0.2, 0) is 33.6 Å². The molecule has 78 valence electrons. The molecule has 14 heavy (non-hydrogen) atoms. The Kier molecular flexibility index (Phi) is 4.70. The first-order chi connectivity index (χ1) is 6.65. The van der Waals surface area contributed by atoms with E-state index in [1.807, 2.05) is 6.08 Å². The number of methoxy groups -OCH3 is 1. The van der Waals surface area contributed by atoms with Crippen LogP contribution in [0.15, 0.2) is 12.2 Å². The Balaban J connectivity index is 2.67. The van der Waals surface area contributed by atoms with Crippen LogP contribution in [0.3, 0.4) is 0 Å². The van der Waals surface area contributed by atoms with Crippen molar-refractivity contribution in [2.45, 2.75) is 25.9 Å². The van der Waals surface area contributed by atoms with Gasteiger partial charge in [-0.2, -0.15) is 0 Å². The van der Waals surface area contributed by atoms with Gasteiger partial charge in [-0.1, -0.05) is 0 Å². The normalized spacial score (nSPS) is 25.9. The molecule has 0 aromatic carbocycles. The van der Waals surface area contributed by atoms with Crippen molar-refractivity contribution in [2.24, 2.45) is 5.92 Å². The summed E-state index contributed by atoms with van der Waals surface area (Å²) in [6.45, 7) is 1.44. The molecule has 1 rings (SSSR count). The topological polar surface area (TPSA) is 35.5 Å². The third-order valence-corrected chi connectivity index (χ3v) is 3.86. The molecule has 3 nitrogen and oxygen atoms in total. The maximum absolute atomic E-state index is 10.9. The van der Waals surface area contributed by atoms with Crippen LogP contribution in [0.4, 0.5) is 0 Å². The second-order valence-electron chi connectivity index (χ2n) is 3.21. The zero-order chi connectivity index (χ0) is 10.6. The van der Waals surface area contributed by atoms with Crippen molar-refractivity contribution >= 4 is 10.1 Å². The van der Waals surface area contributed by atoms with Gasteiger partial charge < -0.3 is 0 Å². The average Bonchev–Trinajstić information content (AvgIpc) is 2.16. The molecule has 0 saturated heterocycles. The van der Waals surface area contributed by atoms with Crippen LogP contribution in [0.5, 0.6) is 0 Å². The fraction of sp³-hybridized carbons (Fsp3) is 0.600. The summed E-state index contributed by atoms with van der Waals surface area (Å²) in [6, 6.07) is 0. The molecular formula is C10H14O3W. The van der Waals surface area contributed by atoms with Gasteiger partial charge in [0.05, 0.1) is 0 Å². The molecule has 1 aliphatic rings.